The summed E-state index contributed by atoms with van der Waals surface area (Å²) in [5.74, 6) is 1.70. The Bertz CT molecular complexity index is 2130. The van der Waals surface area contributed by atoms with Crippen molar-refractivity contribution < 1.29 is 4.74 Å². The van der Waals surface area contributed by atoms with E-state index in [0.717, 1.165) is 35.4 Å². The summed E-state index contributed by atoms with van der Waals surface area (Å²) in [4.78, 5) is 10.1. The average Bonchev–Trinajstić information content (AvgIpc) is 3.64. The van der Waals surface area contributed by atoms with Gasteiger partial charge in [-0.1, -0.05) is 105 Å². The van der Waals surface area contributed by atoms with Gasteiger partial charge in [0.25, 0.3) is 0 Å². The lowest BCUT2D eigenvalue weighted by Crippen LogP contribution is -2.21. The lowest BCUT2D eigenvalue weighted by Gasteiger charge is -2.34. The summed E-state index contributed by atoms with van der Waals surface area (Å²) in [5, 5.41) is 2.55. The molecule has 1 saturated carbocycles. The van der Waals surface area contributed by atoms with Gasteiger partial charge in [-0.15, -0.1) is 0 Å². The number of pyridine rings is 2. The normalized spacial score (nSPS) is 17.8. The lowest BCUT2D eigenvalue weighted by molar-refractivity contribution is 0.224. The van der Waals surface area contributed by atoms with Crippen LogP contribution in [0.4, 0.5) is 0 Å². The maximum atomic E-state index is 6.53. The van der Waals surface area contributed by atoms with E-state index in [-0.39, 0.29) is 0 Å². The van der Waals surface area contributed by atoms with Crippen molar-refractivity contribution in [1.29, 1.82) is 0 Å². The molecule has 1 spiro atoms. The number of hydrogen-bond donors (Lipinski definition) is 0. The first-order chi connectivity index (χ1) is 23.4. The van der Waals surface area contributed by atoms with Crippen LogP contribution >= 0.6 is 0 Å². The van der Waals surface area contributed by atoms with Crippen LogP contribution in [-0.2, 0) is 25.7 Å². The van der Waals surface area contributed by atoms with E-state index in [1.807, 2.05) is 6.07 Å². The fourth-order valence-electron chi connectivity index (χ4n) is 8.89. The van der Waals surface area contributed by atoms with E-state index in [4.69, 9.17) is 14.7 Å². The minimum atomic E-state index is 0.323. The first kappa shape index (κ1) is 29.4. The molecular weight excluding hydrogens is 585 g/mol. The fourth-order valence-corrected chi connectivity index (χ4v) is 8.89. The Morgan fingerprint density at radius 1 is 0.583 bits per heavy atom. The first-order valence-electron chi connectivity index (χ1n) is 17.7. The molecule has 0 atom stereocenters. The monoisotopic (exact) mass is 626 g/mol. The number of ether oxygens (including phenoxy) is 1. The van der Waals surface area contributed by atoms with Gasteiger partial charge < -0.3 is 4.74 Å². The number of benzene rings is 4. The van der Waals surface area contributed by atoms with E-state index in [9.17, 15) is 0 Å². The molecule has 2 aromatic heterocycles. The molecule has 6 aromatic rings. The Balaban J connectivity index is 1.03. The topological polar surface area (TPSA) is 35.0 Å². The SMILES string of the molecule is CC1(C)CCC(c2cc(Oc3cccc(-c4cccc5cc6c(cc45)CC4(Cc5ccccc5C4)C6)n3)nc(-c3ccccc3)c2)CC1. The molecule has 0 radical (unpaired) electrons. The molecule has 0 unspecified atom stereocenters. The zero-order valence-electron chi connectivity index (χ0n) is 28.0. The largest absolute Gasteiger partial charge is 0.421 e. The lowest BCUT2D eigenvalue weighted by atomic mass is 9.71. The van der Waals surface area contributed by atoms with Gasteiger partial charge in [-0.3, -0.25) is 0 Å². The molecule has 0 N–H and O–H groups in total. The van der Waals surface area contributed by atoms with Gasteiger partial charge in [-0.25, -0.2) is 9.97 Å². The predicted octanol–water partition coefficient (Wildman–Crippen LogP) is 11.3. The summed E-state index contributed by atoms with van der Waals surface area (Å²) in [7, 11) is 0. The van der Waals surface area contributed by atoms with Gasteiger partial charge in [0.05, 0.1) is 11.4 Å². The molecule has 0 saturated heterocycles. The van der Waals surface area contributed by atoms with Crippen molar-refractivity contribution in [2.45, 2.75) is 71.1 Å². The molecule has 0 aliphatic heterocycles. The second kappa shape index (κ2) is 11.4. The number of aromatic nitrogens is 2. The Labute approximate surface area is 284 Å². The van der Waals surface area contributed by atoms with E-state index >= 15 is 0 Å². The Morgan fingerprint density at radius 3 is 2.02 bits per heavy atom. The van der Waals surface area contributed by atoms with Crippen LogP contribution < -0.4 is 4.74 Å². The van der Waals surface area contributed by atoms with Crippen LogP contribution in [0, 0.1) is 10.8 Å². The molecular formula is C45H42N2O. The second-order valence-corrected chi connectivity index (χ2v) is 15.5. The standard InChI is InChI=1S/C45H42N2O/c1-44(2)20-18-30(19-21-44)35-24-41(31-10-4-3-5-11-31)47-43(25-35)48-42-17-9-16-40(46-42)38-15-8-14-32-22-36-28-45(29-37(36)23-39(32)38)26-33-12-6-7-13-34(33)27-45/h3-17,22-25,30H,18-21,26-29H2,1-2H3. The van der Waals surface area contributed by atoms with Crippen molar-refractivity contribution in [2.24, 2.45) is 10.8 Å². The van der Waals surface area contributed by atoms with Gasteiger partial charge in [-0.2, -0.15) is 0 Å². The Hall–Kier alpha value is -4.76. The van der Waals surface area contributed by atoms with Crippen molar-refractivity contribution in [2.75, 3.05) is 0 Å². The van der Waals surface area contributed by atoms with Gasteiger partial charge in [-0.05, 0) is 119 Å². The smallest absolute Gasteiger partial charge is 0.222 e. The predicted molar refractivity (Wildman–Crippen MR) is 196 cm³/mol. The van der Waals surface area contributed by atoms with E-state index in [1.165, 1.54) is 77.1 Å². The molecule has 0 amide bonds. The number of fused-ring (bicyclic) bond motifs is 3. The summed E-state index contributed by atoms with van der Waals surface area (Å²) < 4.78 is 6.53. The van der Waals surface area contributed by atoms with Crippen molar-refractivity contribution in [3.05, 3.63) is 143 Å². The zero-order valence-corrected chi connectivity index (χ0v) is 28.0. The highest BCUT2D eigenvalue weighted by Gasteiger charge is 2.42. The summed E-state index contributed by atoms with van der Waals surface area (Å²) in [5.41, 5.74) is 12.3. The quantitative estimate of drug-likeness (QED) is 0.191. The van der Waals surface area contributed by atoms with Gasteiger partial charge in [0.2, 0.25) is 11.8 Å². The third kappa shape index (κ3) is 5.49. The highest BCUT2D eigenvalue weighted by molar-refractivity contribution is 5.97. The molecule has 9 rings (SSSR count). The van der Waals surface area contributed by atoms with Crippen molar-refractivity contribution in [3.8, 4) is 34.3 Å². The second-order valence-electron chi connectivity index (χ2n) is 15.5. The van der Waals surface area contributed by atoms with Crippen LogP contribution in [0.2, 0.25) is 0 Å². The molecule has 0 bridgehead atoms. The number of nitrogens with zero attached hydrogens (tertiary/aromatic N) is 2. The Morgan fingerprint density at radius 2 is 1.25 bits per heavy atom. The number of rotatable bonds is 5. The van der Waals surface area contributed by atoms with Crippen molar-refractivity contribution >= 4 is 10.8 Å². The first-order valence-corrected chi connectivity index (χ1v) is 17.7. The van der Waals surface area contributed by atoms with E-state index in [0.29, 0.717) is 28.5 Å². The van der Waals surface area contributed by atoms with E-state index in [1.54, 1.807) is 0 Å². The minimum absolute atomic E-state index is 0.323. The van der Waals surface area contributed by atoms with Gasteiger partial charge in [0, 0.05) is 23.3 Å². The zero-order chi connectivity index (χ0) is 32.3. The molecule has 3 nitrogen and oxygen atoms in total. The highest BCUT2D eigenvalue weighted by Crippen LogP contribution is 2.49. The molecule has 3 aliphatic carbocycles. The molecule has 3 heteroatoms. The van der Waals surface area contributed by atoms with Crippen molar-refractivity contribution in [1.82, 2.24) is 9.97 Å². The third-order valence-corrected chi connectivity index (χ3v) is 11.5. The van der Waals surface area contributed by atoms with Gasteiger partial charge in [0.1, 0.15) is 0 Å². The molecule has 2 heterocycles. The van der Waals surface area contributed by atoms with Crippen LogP contribution in [-0.4, -0.2) is 9.97 Å². The highest BCUT2D eigenvalue weighted by atomic mass is 16.5. The number of hydrogen-bond acceptors (Lipinski definition) is 3. The Kier molecular flexibility index (Phi) is 7.00. The summed E-state index contributed by atoms with van der Waals surface area (Å²) in [6.45, 7) is 4.79. The maximum Gasteiger partial charge on any atom is 0.222 e. The fraction of sp³-hybridized carbons (Fsp3) is 0.289. The van der Waals surface area contributed by atoms with E-state index < -0.39 is 0 Å². The molecule has 1 fully saturated rings. The van der Waals surface area contributed by atoms with Crippen LogP contribution in [0.5, 0.6) is 11.8 Å². The van der Waals surface area contributed by atoms with E-state index in [2.05, 4.69) is 123 Å². The van der Waals surface area contributed by atoms with Gasteiger partial charge >= 0.3 is 0 Å². The van der Waals surface area contributed by atoms with Crippen LogP contribution in [0.1, 0.15) is 73.3 Å². The molecule has 3 aliphatic rings. The minimum Gasteiger partial charge on any atom is -0.421 e. The molecule has 48 heavy (non-hydrogen) atoms. The average molecular weight is 627 g/mol. The van der Waals surface area contributed by atoms with Crippen LogP contribution in [0.25, 0.3) is 33.3 Å². The van der Waals surface area contributed by atoms with Crippen molar-refractivity contribution in [3.63, 3.8) is 0 Å². The summed E-state index contributed by atoms with van der Waals surface area (Å²) in [6, 6.07) is 41.6. The third-order valence-electron chi connectivity index (χ3n) is 11.5. The summed E-state index contributed by atoms with van der Waals surface area (Å²) in [6.07, 6.45) is 9.53. The molecule has 4 aromatic carbocycles. The molecule has 238 valence electrons. The van der Waals surface area contributed by atoms with Crippen LogP contribution in [0.15, 0.2) is 115 Å². The maximum absolute atomic E-state index is 6.53. The van der Waals surface area contributed by atoms with Crippen LogP contribution in [0.3, 0.4) is 0 Å². The van der Waals surface area contributed by atoms with Gasteiger partial charge in [0.15, 0.2) is 0 Å². The summed E-state index contributed by atoms with van der Waals surface area (Å²) >= 11 is 0.